The minimum atomic E-state index is -3.87. The molecular formula is C23H23ClN2O3S. The highest BCUT2D eigenvalue weighted by atomic mass is 35.5. The Morgan fingerprint density at radius 1 is 0.867 bits per heavy atom. The average Bonchev–Trinajstić information content (AvgIpc) is 2.74. The van der Waals surface area contributed by atoms with Crippen molar-refractivity contribution in [3.05, 3.63) is 89.4 Å². The summed E-state index contributed by atoms with van der Waals surface area (Å²) in [4.78, 5) is 14.9. The van der Waals surface area contributed by atoms with E-state index in [1.54, 1.807) is 41.3 Å². The van der Waals surface area contributed by atoms with Gasteiger partial charge in [0.1, 0.15) is 0 Å². The van der Waals surface area contributed by atoms with E-state index in [1.165, 1.54) is 19.2 Å². The summed E-state index contributed by atoms with van der Waals surface area (Å²) in [6.45, 7) is 3.83. The molecule has 0 heterocycles. The first kappa shape index (κ1) is 21.9. The van der Waals surface area contributed by atoms with Crippen LogP contribution in [-0.2, 0) is 10.0 Å². The van der Waals surface area contributed by atoms with Crippen molar-refractivity contribution in [3.8, 4) is 0 Å². The lowest BCUT2D eigenvalue weighted by Crippen LogP contribution is -2.37. The number of benzene rings is 3. The summed E-state index contributed by atoms with van der Waals surface area (Å²) < 4.78 is 27.5. The fraction of sp³-hybridized carbons (Fsp3) is 0.174. The van der Waals surface area contributed by atoms with E-state index < -0.39 is 10.0 Å². The molecule has 0 aromatic heterocycles. The van der Waals surface area contributed by atoms with Gasteiger partial charge >= 0.3 is 0 Å². The summed E-state index contributed by atoms with van der Waals surface area (Å²) in [5, 5.41) is 0.439. The number of carbonyl (C=O) groups excluding carboxylic acids is 1. The molecule has 0 bridgehead atoms. The summed E-state index contributed by atoms with van der Waals surface area (Å²) in [7, 11) is -2.41. The van der Waals surface area contributed by atoms with E-state index in [0.717, 1.165) is 9.99 Å². The Balaban J connectivity index is 1.98. The minimum Gasteiger partial charge on any atom is -0.306 e. The van der Waals surface area contributed by atoms with E-state index in [1.807, 2.05) is 44.2 Å². The van der Waals surface area contributed by atoms with Crippen LogP contribution < -0.4 is 9.21 Å². The van der Waals surface area contributed by atoms with Crippen LogP contribution in [0.25, 0.3) is 0 Å². The van der Waals surface area contributed by atoms with Gasteiger partial charge in [0.25, 0.3) is 15.9 Å². The molecule has 0 aliphatic rings. The van der Waals surface area contributed by atoms with Gasteiger partial charge in [-0.05, 0) is 62.4 Å². The Morgan fingerprint density at radius 3 is 2.13 bits per heavy atom. The van der Waals surface area contributed by atoms with Gasteiger partial charge in [-0.3, -0.25) is 9.10 Å². The van der Waals surface area contributed by atoms with Crippen LogP contribution in [0.3, 0.4) is 0 Å². The monoisotopic (exact) mass is 442 g/mol. The molecule has 156 valence electrons. The maximum absolute atomic E-state index is 13.3. The molecule has 0 N–H and O–H groups in total. The van der Waals surface area contributed by atoms with Crippen molar-refractivity contribution in [2.45, 2.75) is 24.8 Å². The highest BCUT2D eigenvalue weighted by Gasteiger charge is 2.25. The van der Waals surface area contributed by atoms with Crippen molar-refractivity contribution in [2.75, 3.05) is 16.3 Å². The van der Waals surface area contributed by atoms with Gasteiger partial charge in [-0.2, -0.15) is 0 Å². The standard InChI is InChI=1S/C23H23ClN2O3S/c1-17(2)26(20-11-5-4-6-12-20)23(27)18-9-7-14-22(15-18)30(28,29)25(3)21-13-8-10-19(24)16-21/h4-17H,1-3H3. The molecular weight excluding hydrogens is 420 g/mol. The number of sulfonamides is 1. The van der Waals surface area contributed by atoms with Crippen molar-refractivity contribution in [1.82, 2.24) is 0 Å². The predicted molar refractivity (Wildman–Crippen MR) is 122 cm³/mol. The van der Waals surface area contributed by atoms with Crippen molar-refractivity contribution in [2.24, 2.45) is 0 Å². The van der Waals surface area contributed by atoms with Crippen LogP contribution in [0.5, 0.6) is 0 Å². The van der Waals surface area contributed by atoms with E-state index >= 15 is 0 Å². The van der Waals surface area contributed by atoms with E-state index in [9.17, 15) is 13.2 Å². The zero-order chi connectivity index (χ0) is 21.9. The Hall–Kier alpha value is -2.83. The normalized spacial score (nSPS) is 11.4. The first-order chi connectivity index (χ1) is 14.2. The molecule has 0 fully saturated rings. The van der Waals surface area contributed by atoms with Crippen LogP contribution in [0.1, 0.15) is 24.2 Å². The molecule has 7 heteroatoms. The second-order valence-corrected chi connectivity index (χ2v) is 9.49. The Labute approximate surface area is 182 Å². The molecule has 0 unspecified atom stereocenters. The fourth-order valence-corrected chi connectivity index (χ4v) is 4.55. The minimum absolute atomic E-state index is 0.0348. The van der Waals surface area contributed by atoms with Crippen LogP contribution in [0, 0.1) is 0 Å². The zero-order valence-electron chi connectivity index (χ0n) is 17.0. The van der Waals surface area contributed by atoms with Crippen LogP contribution in [0.2, 0.25) is 5.02 Å². The van der Waals surface area contributed by atoms with Gasteiger partial charge in [-0.25, -0.2) is 8.42 Å². The average molecular weight is 443 g/mol. The highest BCUT2D eigenvalue weighted by Crippen LogP contribution is 2.26. The van der Waals surface area contributed by atoms with Gasteiger partial charge in [0.05, 0.1) is 10.6 Å². The maximum atomic E-state index is 13.3. The smallest absolute Gasteiger partial charge is 0.264 e. The number of para-hydroxylation sites is 1. The molecule has 3 rings (SSSR count). The largest absolute Gasteiger partial charge is 0.306 e. The van der Waals surface area contributed by atoms with E-state index in [0.29, 0.717) is 16.3 Å². The van der Waals surface area contributed by atoms with Crippen LogP contribution in [-0.4, -0.2) is 27.4 Å². The zero-order valence-corrected chi connectivity index (χ0v) is 18.6. The summed E-state index contributed by atoms with van der Waals surface area (Å²) in [5.41, 5.74) is 1.49. The molecule has 0 saturated carbocycles. The third-order valence-corrected chi connectivity index (χ3v) is 6.70. The Bertz CT molecular complexity index is 1150. The number of nitrogens with zero attached hydrogens (tertiary/aromatic N) is 2. The van der Waals surface area contributed by atoms with Crippen molar-refractivity contribution in [3.63, 3.8) is 0 Å². The molecule has 0 spiro atoms. The lowest BCUT2D eigenvalue weighted by atomic mass is 10.1. The van der Waals surface area contributed by atoms with Crippen LogP contribution >= 0.6 is 11.6 Å². The van der Waals surface area contributed by atoms with E-state index in [4.69, 9.17) is 11.6 Å². The molecule has 0 saturated heterocycles. The lowest BCUT2D eigenvalue weighted by Gasteiger charge is -2.27. The Morgan fingerprint density at radius 2 is 1.50 bits per heavy atom. The first-order valence-corrected chi connectivity index (χ1v) is 11.3. The second-order valence-electron chi connectivity index (χ2n) is 7.08. The van der Waals surface area contributed by atoms with Gasteiger partial charge < -0.3 is 4.90 Å². The molecule has 30 heavy (non-hydrogen) atoms. The van der Waals surface area contributed by atoms with E-state index in [2.05, 4.69) is 0 Å². The van der Waals surface area contributed by atoms with Crippen LogP contribution in [0.4, 0.5) is 11.4 Å². The van der Waals surface area contributed by atoms with Crippen molar-refractivity contribution in [1.29, 1.82) is 0 Å². The summed E-state index contributed by atoms with van der Waals surface area (Å²) in [5.74, 6) is -0.265. The molecule has 0 aliphatic carbocycles. The van der Waals surface area contributed by atoms with Crippen molar-refractivity contribution >= 4 is 38.9 Å². The quantitative estimate of drug-likeness (QED) is 0.525. The van der Waals surface area contributed by atoms with Gasteiger partial charge in [-0.15, -0.1) is 0 Å². The number of carbonyl (C=O) groups is 1. The number of hydrogen-bond acceptors (Lipinski definition) is 3. The topological polar surface area (TPSA) is 57.7 Å². The molecule has 3 aromatic rings. The third-order valence-electron chi connectivity index (χ3n) is 4.68. The third kappa shape index (κ3) is 4.50. The number of anilines is 2. The van der Waals surface area contributed by atoms with Crippen LogP contribution in [0.15, 0.2) is 83.8 Å². The molecule has 3 aromatic carbocycles. The SMILES string of the molecule is CC(C)N(C(=O)c1cccc(S(=O)(=O)N(C)c2cccc(Cl)c2)c1)c1ccccc1. The maximum Gasteiger partial charge on any atom is 0.264 e. The fourth-order valence-electron chi connectivity index (χ4n) is 3.14. The van der Waals surface area contributed by atoms with Gasteiger partial charge in [0, 0.05) is 29.4 Å². The molecule has 0 radical (unpaired) electrons. The van der Waals surface area contributed by atoms with E-state index in [-0.39, 0.29) is 16.8 Å². The van der Waals surface area contributed by atoms with Gasteiger partial charge in [0.2, 0.25) is 0 Å². The number of halogens is 1. The summed E-state index contributed by atoms with van der Waals surface area (Å²) >= 11 is 6.00. The van der Waals surface area contributed by atoms with Gasteiger partial charge in [0.15, 0.2) is 0 Å². The van der Waals surface area contributed by atoms with Gasteiger partial charge in [-0.1, -0.05) is 41.9 Å². The van der Waals surface area contributed by atoms with Crippen molar-refractivity contribution < 1.29 is 13.2 Å². The number of amides is 1. The predicted octanol–water partition coefficient (Wildman–Crippen LogP) is 5.22. The molecule has 1 amide bonds. The molecule has 5 nitrogen and oxygen atoms in total. The molecule has 0 atom stereocenters. The molecule has 0 aliphatic heterocycles. The summed E-state index contributed by atoms with van der Waals surface area (Å²) in [6, 6.07) is 21.9. The summed E-state index contributed by atoms with van der Waals surface area (Å²) in [6.07, 6.45) is 0. The number of hydrogen-bond donors (Lipinski definition) is 0. The Kier molecular flexibility index (Phi) is 6.48. The first-order valence-electron chi connectivity index (χ1n) is 9.45. The second kappa shape index (κ2) is 8.90. The lowest BCUT2D eigenvalue weighted by molar-refractivity contribution is 0.0980. The highest BCUT2D eigenvalue weighted by molar-refractivity contribution is 7.92. The number of rotatable bonds is 6.